The summed E-state index contributed by atoms with van der Waals surface area (Å²) in [7, 11) is -8.12. The van der Waals surface area contributed by atoms with Crippen LogP contribution in [0.25, 0.3) is 0 Å². The average Bonchev–Trinajstić information content (AvgIpc) is 2.83. The number of nitrogens with one attached hydrogen (secondary N) is 2. The number of hydrogen-bond donors (Lipinski definition) is 2. The van der Waals surface area contributed by atoms with E-state index in [0.717, 1.165) is 5.69 Å². The Morgan fingerprint density at radius 1 is 1.00 bits per heavy atom. The van der Waals surface area contributed by atoms with Crippen LogP contribution in [0.1, 0.15) is 50.4 Å². The van der Waals surface area contributed by atoms with E-state index in [-0.39, 0.29) is 27.1 Å². The summed E-state index contributed by atoms with van der Waals surface area (Å²) in [6.45, 7) is 7.13. The lowest BCUT2D eigenvalue weighted by Crippen LogP contribution is -2.34. The summed E-state index contributed by atoms with van der Waals surface area (Å²) >= 11 is 0. The Bertz CT molecular complexity index is 1550. The number of carbonyl (C=O) groups is 1. The van der Waals surface area contributed by atoms with Crippen molar-refractivity contribution in [2.24, 2.45) is 0 Å². The zero-order valence-corrected chi connectivity index (χ0v) is 22.6. The molecular formula is C26H29N3O6S2. The number of amides is 1. The van der Waals surface area contributed by atoms with E-state index in [4.69, 9.17) is 4.74 Å². The van der Waals surface area contributed by atoms with E-state index in [1.807, 2.05) is 19.9 Å². The van der Waals surface area contributed by atoms with Gasteiger partial charge in [-0.3, -0.25) is 10.3 Å². The Labute approximate surface area is 217 Å². The Hall–Kier alpha value is -3.28. The van der Waals surface area contributed by atoms with Crippen molar-refractivity contribution in [1.29, 1.82) is 0 Å². The average molecular weight is 544 g/mol. The van der Waals surface area contributed by atoms with Gasteiger partial charge in [0.25, 0.3) is 0 Å². The molecule has 37 heavy (non-hydrogen) atoms. The fourth-order valence-corrected chi connectivity index (χ4v) is 6.99. The van der Waals surface area contributed by atoms with Gasteiger partial charge in [0, 0.05) is 30.4 Å². The number of sulfonamides is 1. The van der Waals surface area contributed by atoms with Gasteiger partial charge in [-0.15, -0.1) is 0 Å². The Morgan fingerprint density at radius 2 is 1.70 bits per heavy atom. The topological polar surface area (TPSA) is 132 Å². The smallest absolute Gasteiger partial charge is 0.412 e. The second-order valence-corrected chi connectivity index (χ2v) is 13.2. The number of nitrogens with zero attached hydrogens (tertiary/aromatic N) is 1. The molecule has 0 atom stereocenters. The number of carbonyl (C=O) groups excluding carboxylic acids is 1. The normalized spacial score (nSPS) is 15.1. The lowest BCUT2D eigenvalue weighted by atomic mass is 9.95. The van der Waals surface area contributed by atoms with Crippen molar-refractivity contribution in [3.8, 4) is 0 Å². The van der Waals surface area contributed by atoms with Crippen LogP contribution in [0.2, 0.25) is 0 Å². The number of aromatic nitrogens is 1. The predicted molar refractivity (Wildman–Crippen MR) is 139 cm³/mol. The van der Waals surface area contributed by atoms with Gasteiger partial charge in [0.1, 0.15) is 5.60 Å². The molecule has 11 heteroatoms. The van der Waals surface area contributed by atoms with Gasteiger partial charge in [0.2, 0.25) is 19.9 Å². The number of sulfone groups is 1. The monoisotopic (exact) mass is 543 g/mol. The van der Waals surface area contributed by atoms with Crippen LogP contribution in [0.5, 0.6) is 0 Å². The molecule has 1 aliphatic rings. The molecule has 0 saturated heterocycles. The number of benzene rings is 2. The highest BCUT2D eigenvalue weighted by Gasteiger charge is 2.35. The molecule has 3 aromatic rings. The number of anilines is 1. The standard InChI is InChI=1S/C26H29N3O6S2/c1-17(2)21-10-8-20(16-24(21)37(33,34)28-14-12-18-7-5-6-13-27-18)36(31,32)19-9-11-23-22(15-19)26(3,4)35-25(30)29-23/h5-11,13,15-17,28H,12,14H2,1-4H3,(H,29,30). The maximum atomic E-state index is 13.6. The summed E-state index contributed by atoms with van der Waals surface area (Å²) in [4.78, 5) is 15.7. The van der Waals surface area contributed by atoms with E-state index in [1.165, 1.54) is 36.4 Å². The van der Waals surface area contributed by atoms with Crippen molar-refractivity contribution in [2.75, 3.05) is 11.9 Å². The van der Waals surface area contributed by atoms with Crippen molar-refractivity contribution in [1.82, 2.24) is 9.71 Å². The third-order valence-electron chi connectivity index (χ3n) is 6.14. The Morgan fingerprint density at radius 3 is 2.38 bits per heavy atom. The number of rotatable bonds is 8. The molecule has 2 aromatic carbocycles. The van der Waals surface area contributed by atoms with E-state index in [2.05, 4.69) is 15.0 Å². The summed E-state index contributed by atoms with van der Waals surface area (Å²) in [6.07, 6.45) is 1.40. The first-order valence-electron chi connectivity index (χ1n) is 11.7. The quantitative estimate of drug-likeness (QED) is 0.432. The molecular weight excluding hydrogens is 514 g/mol. The van der Waals surface area contributed by atoms with Gasteiger partial charge >= 0.3 is 6.09 Å². The fourth-order valence-electron chi connectivity index (χ4n) is 4.18. The molecule has 4 rings (SSSR count). The molecule has 0 unspecified atom stereocenters. The summed E-state index contributed by atoms with van der Waals surface area (Å²) in [5.74, 6) is -0.163. The molecule has 196 valence electrons. The fraction of sp³-hybridized carbons (Fsp3) is 0.308. The van der Waals surface area contributed by atoms with E-state index < -0.39 is 31.6 Å². The van der Waals surface area contributed by atoms with Crippen molar-refractivity contribution in [3.05, 3.63) is 77.6 Å². The van der Waals surface area contributed by atoms with Crippen LogP contribution < -0.4 is 10.0 Å². The van der Waals surface area contributed by atoms with Crippen LogP contribution >= 0.6 is 0 Å². The molecule has 0 saturated carbocycles. The van der Waals surface area contributed by atoms with E-state index in [9.17, 15) is 21.6 Å². The minimum absolute atomic E-state index is 0.0390. The van der Waals surface area contributed by atoms with Crippen molar-refractivity contribution >= 4 is 31.6 Å². The van der Waals surface area contributed by atoms with Crippen molar-refractivity contribution < 1.29 is 26.4 Å². The highest BCUT2D eigenvalue weighted by molar-refractivity contribution is 7.91. The van der Waals surface area contributed by atoms with Crippen LogP contribution in [-0.2, 0) is 36.6 Å². The molecule has 0 fully saturated rings. The predicted octanol–water partition coefficient (Wildman–Crippen LogP) is 4.36. The van der Waals surface area contributed by atoms with E-state index in [1.54, 1.807) is 32.2 Å². The molecule has 9 nitrogen and oxygen atoms in total. The molecule has 1 amide bonds. The number of cyclic esters (lactones) is 1. The van der Waals surface area contributed by atoms with Crippen LogP contribution in [0, 0.1) is 0 Å². The van der Waals surface area contributed by atoms with Crippen LogP contribution in [0.3, 0.4) is 0 Å². The first-order chi connectivity index (χ1) is 17.3. The summed E-state index contributed by atoms with van der Waals surface area (Å²) in [6, 6.07) is 13.9. The molecule has 0 radical (unpaired) electrons. The number of pyridine rings is 1. The maximum absolute atomic E-state index is 13.6. The van der Waals surface area contributed by atoms with Gasteiger partial charge in [-0.2, -0.15) is 0 Å². The third-order valence-corrected chi connectivity index (χ3v) is 9.41. The molecule has 0 spiro atoms. The highest BCUT2D eigenvalue weighted by atomic mass is 32.2. The van der Waals surface area contributed by atoms with Crippen molar-refractivity contribution in [2.45, 2.75) is 60.3 Å². The second-order valence-electron chi connectivity index (χ2n) is 9.56. The van der Waals surface area contributed by atoms with Crippen LogP contribution in [0.15, 0.2) is 75.5 Å². The lowest BCUT2D eigenvalue weighted by Gasteiger charge is -2.32. The number of ether oxygens (including phenoxy) is 1. The Kier molecular flexibility index (Phi) is 7.15. The molecule has 1 aliphatic heterocycles. The zero-order valence-electron chi connectivity index (χ0n) is 21.0. The van der Waals surface area contributed by atoms with E-state index in [0.29, 0.717) is 23.2 Å². The minimum Gasteiger partial charge on any atom is -0.438 e. The third kappa shape index (κ3) is 5.53. The van der Waals surface area contributed by atoms with Gasteiger partial charge in [0.15, 0.2) is 0 Å². The highest BCUT2D eigenvalue weighted by Crippen LogP contribution is 2.38. The van der Waals surface area contributed by atoms with Gasteiger partial charge in [-0.05, 0) is 67.8 Å². The molecule has 1 aromatic heterocycles. The largest absolute Gasteiger partial charge is 0.438 e. The van der Waals surface area contributed by atoms with Crippen LogP contribution in [-0.4, -0.2) is 34.5 Å². The Balaban J connectivity index is 1.70. The summed E-state index contributed by atoms with van der Waals surface area (Å²) < 4.78 is 61.7. The van der Waals surface area contributed by atoms with Crippen LogP contribution in [0.4, 0.5) is 10.5 Å². The maximum Gasteiger partial charge on any atom is 0.412 e. The molecule has 0 aliphatic carbocycles. The second kappa shape index (κ2) is 9.88. The van der Waals surface area contributed by atoms with Crippen molar-refractivity contribution in [3.63, 3.8) is 0 Å². The zero-order chi connectivity index (χ0) is 27.0. The van der Waals surface area contributed by atoms with Gasteiger partial charge in [-0.25, -0.2) is 26.4 Å². The van der Waals surface area contributed by atoms with Gasteiger partial charge < -0.3 is 4.74 Å². The minimum atomic E-state index is -4.10. The first-order valence-corrected chi connectivity index (χ1v) is 14.7. The molecule has 0 bridgehead atoms. The SMILES string of the molecule is CC(C)c1ccc(S(=O)(=O)c2ccc3c(c2)C(C)(C)OC(=O)N3)cc1S(=O)(=O)NCCc1ccccn1. The number of fused-ring (bicyclic) bond motifs is 1. The van der Waals surface area contributed by atoms with E-state index >= 15 is 0 Å². The molecule has 2 heterocycles. The van der Waals surface area contributed by atoms with Gasteiger partial charge in [-0.1, -0.05) is 26.0 Å². The number of hydrogen-bond acceptors (Lipinski definition) is 7. The molecule has 2 N–H and O–H groups in total. The summed E-state index contributed by atoms with van der Waals surface area (Å²) in [5.41, 5.74) is 1.15. The lowest BCUT2D eigenvalue weighted by molar-refractivity contribution is 0.0419. The first kappa shape index (κ1) is 26.8. The summed E-state index contributed by atoms with van der Waals surface area (Å²) in [5, 5.41) is 2.57. The van der Waals surface area contributed by atoms with Gasteiger partial charge in [0.05, 0.1) is 20.4 Å².